The van der Waals surface area contributed by atoms with Crippen LogP contribution in [0.25, 0.3) is 0 Å². The van der Waals surface area contributed by atoms with Gasteiger partial charge in [-0.15, -0.1) is 0 Å². The lowest BCUT2D eigenvalue weighted by molar-refractivity contribution is -0.129. The molecule has 0 radical (unpaired) electrons. The highest BCUT2D eigenvalue weighted by Crippen LogP contribution is 2.31. The Morgan fingerprint density at radius 3 is 2.54 bits per heavy atom. The van der Waals surface area contributed by atoms with Crippen LogP contribution in [0.15, 0.2) is 59.1 Å². The second kappa shape index (κ2) is 8.08. The van der Waals surface area contributed by atoms with Crippen molar-refractivity contribution in [1.29, 1.82) is 0 Å². The molecule has 0 saturated carbocycles. The van der Waals surface area contributed by atoms with E-state index in [-0.39, 0.29) is 17.7 Å². The van der Waals surface area contributed by atoms with E-state index in [9.17, 15) is 9.00 Å². The molecule has 1 aliphatic heterocycles. The Hall–Kier alpha value is -1.46. The van der Waals surface area contributed by atoms with Crippen molar-refractivity contribution in [2.75, 3.05) is 12.3 Å². The van der Waals surface area contributed by atoms with E-state index in [1.807, 2.05) is 47.4 Å². The molecule has 0 unspecified atom stereocenters. The minimum atomic E-state index is -1.18. The molecular weight excluding hydrogens is 386 g/mol. The monoisotopic (exact) mass is 405 g/mol. The Bertz CT molecular complexity index is 718. The minimum absolute atomic E-state index is 0.00296. The number of hydrogen-bond donors (Lipinski definition) is 0. The topological polar surface area (TPSA) is 37.4 Å². The summed E-state index contributed by atoms with van der Waals surface area (Å²) < 4.78 is 13.4. The SMILES string of the molecule is O=C(C[S@@](=O)Cc1ccc(Br)cc1)N1CCC[C@H]1c1ccccc1. The largest absolute Gasteiger partial charge is 0.335 e. The smallest absolute Gasteiger partial charge is 0.235 e. The maximum Gasteiger partial charge on any atom is 0.235 e. The first-order chi connectivity index (χ1) is 11.6. The number of carbonyl (C=O) groups is 1. The van der Waals surface area contributed by atoms with Gasteiger partial charge in [0.2, 0.25) is 5.91 Å². The first kappa shape index (κ1) is 17.4. The van der Waals surface area contributed by atoms with Gasteiger partial charge in [-0.25, -0.2) is 0 Å². The van der Waals surface area contributed by atoms with Crippen molar-refractivity contribution < 1.29 is 9.00 Å². The van der Waals surface area contributed by atoms with E-state index in [2.05, 4.69) is 28.1 Å². The van der Waals surface area contributed by atoms with Crippen molar-refractivity contribution in [3.05, 3.63) is 70.2 Å². The summed E-state index contributed by atoms with van der Waals surface area (Å²) in [7, 11) is -1.18. The van der Waals surface area contributed by atoms with Gasteiger partial charge >= 0.3 is 0 Å². The van der Waals surface area contributed by atoms with Gasteiger partial charge in [-0.2, -0.15) is 0 Å². The Morgan fingerprint density at radius 2 is 1.83 bits per heavy atom. The number of halogens is 1. The lowest BCUT2D eigenvalue weighted by Crippen LogP contribution is -2.34. The Labute approximate surface area is 153 Å². The highest BCUT2D eigenvalue weighted by atomic mass is 79.9. The second-order valence-electron chi connectivity index (χ2n) is 6.01. The van der Waals surface area contributed by atoms with Crippen molar-refractivity contribution in [3.63, 3.8) is 0 Å². The lowest BCUT2D eigenvalue weighted by Gasteiger charge is -2.25. The number of nitrogens with zero attached hydrogens (tertiary/aromatic N) is 1. The van der Waals surface area contributed by atoms with E-state index < -0.39 is 10.8 Å². The van der Waals surface area contributed by atoms with Crippen molar-refractivity contribution >= 4 is 32.6 Å². The molecule has 3 nitrogen and oxygen atoms in total. The molecule has 2 aromatic rings. The van der Waals surface area contributed by atoms with Gasteiger partial charge in [0.05, 0.1) is 6.04 Å². The number of rotatable bonds is 5. The lowest BCUT2D eigenvalue weighted by atomic mass is 10.0. The third kappa shape index (κ3) is 4.33. The van der Waals surface area contributed by atoms with Crippen molar-refractivity contribution in [2.24, 2.45) is 0 Å². The van der Waals surface area contributed by atoms with Gasteiger partial charge in [-0.1, -0.05) is 58.4 Å². The second-order valence-corrected chi connectivity index (χ2v) is 8.38. The van der Waals surface area contributed by atoms with Crippen LogP contribution in [0.5, 0.6) is 0 Å². The molecular formula is C19H20BrNO2S. The van der Waals surface area contributed by atoms with E-state index in [4.69, 9.17) is 0 Å². The first-order valence-electron chi connectivity index (χ1n) is 8.07. The summed E-state index contributed by atoms with van der Waals surface area (Å²) in [5.74, 6) is 0.513. The molecule has 2 aromatic carbocycles. The van der Waals surface area contributed by atoms with E-state index in [0.717, 1.165) is 29.4 Å². The Balaban J connectivity index is 1.61. The summed E-state index contributed by atoms with van der Waals surface area (Å²) in [6.45, 7) is 0.758. The third-order valence-electron chi connectivity index (χ3n) is 4.28. The predicted octanol–water partition coefficient (Wildman–Crippen LogP) is 4.06. The molecule has 0 bridgehead atoms. The van der Waals surface area contributed by atoms with Crippen LogP contribution >= 0.6 is 15.9 Å². The van der Waals surface area contributed by atoms with E-state index in [1.165, 1.54) is 5.56 Å². The molecule has 0 aliphatic carbocycles. The molecule has 1 fully saturated rings. The highest BCUT2D eigenvalue weighted by molar-refractivity contribution is 9.10. The molecule has 1 saturated heterocycles. The summed E-state index contributed by atoms with van der Waals surface area (Å²) in [6.07, 6.45) is 1.99. The van der Waals surface area contributed by atoms with E-state index in [0.29, 0.717) is 5.75 Å². The van der Waals surface area contributed by atoms with Gasteiger partial charge in [0.25, 0.3) is 0 Å². The molecule has 0 spiro atoms. The predicted molar refractivity (Wildman–Crippen MR) is 101 cm³/mol. The normalized spacial score (nSPS) is 18.5. The Kier molecular flexibility index (Phi) is 5.85. The van der Waals surface area contributed by atoms with Crippen molar-refractivity contribution in [2.45, 2.75) is 24.6 Å². The number of benzene rings is 2. The molecule has 1 amide bonds. The first-order valence-corrected chi connectivity index (χ1v) is 10.4. The average molecular weight is 406 g/mol. The van der Waals surface area contributed by atoms with Crippen LogP contribution in [0, 0.1) is 0 Å². The average Bonchev–Trinajstić information content (AvgIpc) is 3.07. The fourth-order valence-corrected chi connectivity index (χ4v) is 4.50. The summed E-state index contributed by atoms with van der Waals surface area (Å²) in [4.78, 5) is 14.5. The van der Waals surface area contributed by atoms with Crippen LogP contribution in [0.1, 0.15) is 30.0 Å². The van der Waals surface area contributed by atoms with Crippen molar-refractivity contribution in [3.8, 4) is 0 Å². The molecule has 3 rings (SSSR count). The zero-order valence-electron chi connectivity index (χ0n) is 13.4. The van der Waals surface area contributed by atoms with Crippen LogP contribution in [0.3, 0.4) is 0 Å². The highest BCUT2D eigenvalue weighted by Gasteiger charge is 2.30. The quantitative estimate of drug-likeness (QED) is 0.751. The summed E-state index contributed by atoms with van der Waals surface area (Å²) in [5.41, 5.74) is 2.16. The fraction of sp³-hybridized carbons (Fsp3) is 0.316. The number of carbonyl (C=O) groups excluding carboxylic acids is 1. The van der Waals surface area contributed by atoms with E-state index >= 15 is 0 Å². The zero-order chi connectivity index (χ0) is 16.9. The van der Waals surface area contributed by atoms with Crippen molar-refractivity contribution in [1.82, 2.24) is 4.90 Å². The number of hydrogen-bond acceptors (Lipinski definition) is 2. The molecule has 24 heavy (non-hydrogen) atoms. The van der Waals surface area contributed by atoms with E-state index in [1.54, 1.807) is 0 Å². The van der Waals surface area contributed by atoms with Crippen LogP contribution in [-0.4, -0.2) is 27.3 Å². The van der Waals surface area contributed by atoms with Crippen LogP contribution in [0.4, 0.5) is 0 Å². The van der Waals surface area contributed by atoms with Crippen LogP contribution in [0.2, 0.25) is 0 Å². The molecule has 2 atom stereocenters. The van der Waals surface area contributed by atoms with Crippen LogP contribution in [-0.2, 0) is 21.3 Å². The van der Waals surface area contributed by atoms with Gasteiger partial charge in [0, 0.05) is 27.6 Å². The minimum Gasteiger partial charge on any atom is -0.335 e. The standard InChI is InChI=1S/C19H20BrNO2S/c20-17-10-8-15(9-11-17)13-24(23)14-19(22)21-12-4-7-18(21)16-5-2-1-3-6-16/h1-3,5-6,8-11,18H,4,7,12-14H2/t18-,24-/m0/s1. The Morgan fingerprint density at radius 1 is 1.12 bits per heavy atom. The maximum atomic E-state index is 12.6. The van der Waals surface area contributed by atoms with Gasteiger partial charge < -0.3 is 4.90 Å². The summed E-state index contributed by atoms with van der Waals surface area (Å²) >= 11 is 3.39. The molecule has 0 aromatic heterocycles. The fourth-order valence-electron chi connectivity index (χ4n) is 3.13. The third-order valence-corrected chi connectivity index (χ3v) is 6.04. The van der Waals surface area contributed by atoms with Gasteiger partial charge in [-0.05, 0) is 36.1 Å². The number of likely N-dealkylation sites (tertiary alicyclic amines) is 1. The van der Waals surface area contributed by atoms with Crippen LogP contribution < -0.4 is 0 Å². The van der Waals surface area contributed by atoms with Gasteiger partial charge in [0.1, 0.15) is 5.75 Å². The number of amides is 1. The maximum absolute atomic E-state index is 12.6. The molecule has 1 heterocycles. The molecule has 5 heteroatoms. The molecule has 0 N–H and O–H groups in total. The molecule has 1 aliphatic rings. The summed E-state index contributed by atoms with van der Waals surface area (Å²) in [5, 5.41) is 0. The molecule has 126 valence electrons. The zero-order valence-corrected chi connectivity index (χ0v) is 15.8. The van der Waals surface area contributed by atoms with Gasteiger partial charge in [0.15, 0.2) is 0 Å². The summed E-state index contributed by atoms with van der Waals surface area (Å²) in [6, 6.07) is 18.0. The van der Waals surface area contributed by atoms with Gasteiger partial charge in [-0.3, -0.25) is 9.00 Å².